The van der Waals surface area contributed by atoms with Crippen LogP contribution >= 0.6 is 33.9 Å². The highest BCUT2D eigenvalue weighted by Crippen LogP contribution is 2.28. The van der Waals surface area contributed by atoms with Crippen molar-refractivity contribution >= 4 is 33.9 Å². The third-order valence-electron chi connectivity index (χ3n) is 3.04. The maximum absolute atomic E-state index is 10.4. The second kappa shape index (κ2) is 6.17. The van der Waals surface area contributed by atoms with Gasteiger partial charge in [0.05, 0.1) is 6.10 Å². The minimum Gasteiger partial charge on any atom is -0.388 e. The predicted octanol–water partition coefficient (Wildman–Crippen LogP) is 4.50. The smallest absolute Gasteiger partial charge is 0.0848 e. The molecular weight excluding hydrogens is 355 g/mol. The van der Waals surface area contributed by atoms with E-state index >= 15 is 0 Å². The van der Waals surface area contributed by atoms with Gasteiger partial charge in [-0.2, -0.15) is 0 Å². The van der Waals surface area contributed by atoms with Crippen molar-refractivity contribution in [3.63, 3.8) is 0 Å². The maximum Gasteiger partial charge on any atom is 0.0848 e. The number of hydrogen-bond donors (Lipinski definition) is 1. The average molecular weight is 372 g/mol. The summed E-state index contributed by atoms with van der Waals surface area (Å²) in [5.74, 6) is 0. The van der Waals surface area contributed by atoms with Crippen molar-refractivity contribution in [1.29, 1.82) is 0 Å². The second-order valence-corrected chi connectivity index (χ2v) is 6.75. The summed E-state index contributed by atoms with van der Waals surface area (Å²) in [6.07, 6.45) is 1.38. The fourth-order valence-corrected chi connectivity index (χ4v) is 3.66. The van der Waals surface area contributed by atoms with Crippen LogP contribution in [0.25, 0.3) is 0 Å². The van der Waals surface area contributed by atoms with Crippen molar-refractivity contribution < 1.29 is 5.11 Å². The van der Waals surface area contributed by atoms with E-state index in [1.165, 1.54) is 18.9 Å². The summed E-state index contributed by atoms with van der Waals surface area (Å²) in [5, 5.41) is 10.4. The lowest BCUT2D eigenvalue weighted by molar-refractivity contribution is 0.178. The molecule has 0 aliphatic heterocycles. The van der Waals surface area contributed by atoms with Crippen molar-refractivity contribution in [2.75, 3.05) is 0 Å². The average Bonchev–Trinajstić information content (AvgIpc) is 2.80. The zero-order valence-corrected chi connectivity index (χ0v) is 13.6. The first-order valence-corrected chi connectivity index (χ1v) is 8.02. The summed E-state index contributed by atoms with van der Waals surface area (Å²) in [7, 11) is 0. The molecule has 18 heavy (non-hydrogen) atoms. The molecule has 1 nitrogen and oxygen atoms in total. The molecule has 1 aromatic carbocycles. The van der Waals surface area contributed by atoms with Crippen LogP contribution in [0, 0.1) is 10.5 Å². The molecule has 1 atom stereocenters. The fourth-order valence-electron chi connectivity index (χ4n) is 1.95. The summed E-state index contributed by atoms with van der Waals surface area (Å²) < 4.78 is 1.18. The van der Waals surface area contributed by atoms with E-state index in [1.54, 1.807) is 11.3 Å². The van der Waals surface area contributed by atoms with Crippen LogP contribution < -0.4 is 0 Å². The Morgan fingerprint density at radius 2 is 1.94 bits per heavy atom. The van der Waals surface area contributed by atoms with Crippen LogP contribution in [0.5, 0.6) is 0 Å². The Kier molecular flexibility index (Phi) is 4.81. The van der Waals surface area contributed by atoms with Gasteiger partial charge in [-0.3, -0.25) is 0 Å². The van der Waals surface area contributed by atoms with Crippen LogP contribution in [-0.2, 0) is 12.8 Å². The minimum absolute atomic E-state index is 0.403. The van der Waals surface area contributed by atoms with E-state index in [4.69, 9.17) is 0 Å². The number of halogens is 1. The Morgan fingerprint density at radius 1 is 1.22 bits per heavy atom. The largest absolute Gasteiger partial charge is 0.388 e. The first-order valence-electron chi connectivity index (χ1n) is 6.12. The molecule has 3 heteroatoms. The lowest BCUT2D eigenvalue weighted by Gasteiger charge is -2.13. The number of benzene rings is 1. The lowest BCUT2D eigenvalue weighted by atomic mass is 10.0. The van der Waals surface area contributed by atoms with Gasteiger partial charge in [0.25, 0.3) is 0 Å². The zero-order chi connectivity index (χ0) is 13.1. The van der Waals surface area contributed by atoms with Crippen LogP contribution in [0.3, 0.4) is 0 Å². The van der Waals surface area contributed by atoms with Crippen molar-refractivity contribution in [3.8, 4) is 0 Å². The van der Waals surface area contributed by atoms with Gasteiger partial charge in [0.1, 0.15) is 0 Å². The van der Waals surface area contributed by atoms with Gasteiger partial charge in [0, 0.05) is 19.7 Å². The molecule has 1 heterocycles. The van der Waals surface area contributed by atoms with Crippen molar-refractivity contribution in [2.24, 2.45) is 0 Å². The van der Waals surface area contributed by atoms with E-state index < -0.39 is 6.10 Å². The Labute approximate surface area is 126 Å². The van der Waals surface area contributed by atoms with Crippen LogP contribution in [0.2, 0.25) is 0 Å². The SMILES string of the molecule is CCc1ccc(CC(O)c2cccc(C)c2I)s1. The van der Waals surface area contributed by atoms with Crippen LogP contribution in [0.15, 0.2) is 30.3 Å². The van der Waals surface area contributed by atoms with Gasteiger partial charge in [-0.25, -0.2) is 0 Å². The molecule has 0 amide bonds. The number of aryl methyl sites for hydroxylation is 2. The molecule has 0 saturated carbocycles. The highest BCUT2D eigenvalue weighted by atomic mass is 127. The normalized spacial score (nSPS) is 12.7. The predicted molar refractivity (Wildman–Crippen MR) is 86.3 cm³/mol. The van der Waals surface area contributed by atoms with Crippen molar-refractivity contribution in [3.05, 3.63) is 54.8 Å². The third-order valence-corrected chi connectivity index (χ3v) is 5.77. The van der Waals surface area contributed by atoms with Gasteiger partial charge in [-0.15, -0.1) is 11.3 Å². The molecule has 0 saturated heterocycles. The van der Waals surface area contributed by atoms with E-state index in [9.17, 15) is 5.11 Å². The Morgan fingerprint density at radius 3 is 2.61 bits per heavy atom. The van der Waals surface area contributed by atoms with Gasteiger partial charge < -0.3 is 5.11 Å². The first kappa shape index (κ1) is 14.0. The highest BCUT2D eigenvalue weighted by molar-refractivity contribution is 14.1. The van der Waals surface area contributed by atoms with Crippen LogP contribution in [0.4, 0.5) is 0 Å². The van der Waals surface area contributed by atoms with Gasteiger partial charge >= 0.3 is 0 Å². The Bertz CT molecular complexity index is 533. The molecule has 0 radical (unpaired) electrons. The fraction of sp³-hybridized carbons (Fsp3) is 0.333. The summed E-state index contributed by atoms with van der Waals surface area (Å²) >= 11 is 4.12. The number of aliphatic hydroxyl groups excluding tert-OH is 1. The summed E-state index contributed by atoms with van der Waals surface area (Å²) in [6, 6.07) is 10.4. The van der Waals surface area contributed by atoms with Gasteiger partial charge in [-0.05, 0) is 59.2 Å². The molecule has 2 aromatic rings. The van der Waals surface area contributed by atoms with E-state index in [0.29, 0.717) is 6.42 Å². The molecule has 0 aliphatic rings. The molecule has 0 aliphatic carbocycles. The van der Waals surface area contributed by atoms with E-state index in [2.05, 4.69) is 54.6 Å². The maximum atomic E-state index is 10.4. The molecule has 96 valence electrons. The van der Waals surface area contributed by atoms with Crippen LogP contribution in [-0.4, -0.2) is 5.11 Å². The number of rotatable bonds is 4. The third kappa shape index (κ3) is 3.13. The standard InChI is InChI=1S/C15H17IOS/c1-3-11-7-8-12(18-11)9-14(17)13-6-4-5-10(2)15(13)16/h4-8,14,17H,3,9H2,1-2H3. The Hall–Kier alpha value is -0.390. The molecule has 0 spiro atoms. The molecule has 1 unspecified atom stereocenters. The van der Waals surface area contributed by atoms with Crippen LogP contribution in [0.1, 0.15) is 33.9 Å². The summed E-state index contributed by atoms with van der Waals surface area (Å²) in [6.45, 7) is 4.24. The Balaban J connectivity index is 2.16. The summed E-state index contributed by atoms with van der Waals surface area (Å²) in [5.41, 5.74) is 2.27. The first-order chi connectivity index (χ1) is 8.61. The van der Waals surface area contributed by atoms with E-state index in [1.807, 2.05) is 12.1 Å². The monoisotopic (exact) mass is 372 g/mol. The highest BCUT2D eigenvalue weighted by Gasteiger charge is 2.14. The van der Waals surface area contributed by atoms with E-state index in [0.717, 1.165) is 12.0 Å². The van der Waals surface area contributed by atoms with Gasteiger partial charge in [0.2, 0.25) is 0 Å². The number of hydrogen-bond acceptors (Lipinski definition) is 2. The quantitative estimate of drug-likeness (QED) is 0.784. The summed E-state index contributed by atoms with van der Waals surface area (Å²) in [4.78, 5) is 2.65. The zero-order valence-electron chi connectivity index (χ0n) is 10.6. The van der Waals surface area contributed by atoms with Crippen molar-refractivity contribution in [1.82, 2.24) is 0 Å². The molecular formula is C15H17IOS. The molecule has 1 aromatic heterocycles. The van der Waals surface area contributed by atoms with Gasteiger partial charge in [-0.1, -0.05) is 25.1 Å². The molecule has 0 bridgehead atoms. The lowest BCUT2D eigenvalue weighted by Crippen LogP contribution is -2.03. The number of thiophene rings is 1. The molecule has 1 N–H and O–H groups in total. The molecule has 2 rings (SSSR count). The second-order valence-electron chi connectivity index (χ2n) is 4.42. The minimum atomic E-state index is -0.403. The topological polar surface area (TPSA) is 20.2 Å². The van der Waals surface area contributed by atoms with Crippen molar-refractivity contribution in [2.45, 2.75) is 32.8 Å². The molecule has 0 fully saturated rings. The van der Waals surface area contributed by atoms with Gasteiger partial charge in [0.15, 0.2) is 0 Å². The van der Waals surface area contributed by atoms with E-state index in [-0.39, 0.29) is 0 Å². The number of aliphatic hydroxyl groups is 1.